The van der Waals surface area contributed by atoms with Gasteiger partial charge in [0.15, 0.2) is 11.5 Å². The van der Waals surface area contributed by atoms with Gasteiger partial charge in [-0.2, -0.15) is 0 Å². The lowest BCUT2D eigenvalue weighted by molar-refractivity contribution is -0.139. The van der Waals surface area contributed by atoms with Crippen LogP contribution in [0.5, 0.6) is 11.5 Å². The summed E-state index contributed by atoms with van der Waals surface area (Å²) in [6.07, 6.45) is 0.741. The first-order valence-corrected chi connectivity index (χ1v) is 14.7. The van der Waals surface area contributed by atoms with Crippen molar-refractivity contribution in [2.75, 3.05) is 29.8 Å². The molecule has 9 nitrogen and oxygen atoms in total. The van der Waals surface area contributed by atoms with E-state index in [-0.39, 0.29) is 24.2 Å². The first-order valence-electron chi connectivity index (χ1n) is 12.3. The number of amides is 2. The van der Waals surface area contributed by atoms with Crippen LogP contribution in [0.25, 0.3) is 0 Å². The van der Waals surface area contributed by atoms with Crippen molar-refractivity contribution in [1.82, 2.24) is 10.2 Å². The number of carbonyl (C=O) groups excluding carboxylic acids is 2. The molecule has 0 unspecified atom stereocenters. The number of nitrogens with zero attached hydrogens (tertiary/aromatic N) is 2. The maximum Gasteiger partial charge on any atom is 0.244 e. The number of halogens is 1. The molecule has 2 aromatic carbocycles. The van der Waals surface area contributed by atoms with E-state index >= 15 is 0 Å². The van der Waals surface area contributed by atoms with Crippen LogP contribution >= 0.6 is 15.9 Å². The Bertz CT molecular complexity index is 1220. The van der Waals surface area contributed by atoms with E-state index in [0.29, 0.717) is 30.4 Å². The smallest absolute Gasteiger partial charge is 0.244 e. The molecule has 202 valence electrons. The normalized spacial score (nSPS) is 14.4. The lowest BCUT2D eigenvalue weighted by Gasteiger charge is -2.32. The molecule has 0 saturated heterocycles. The van der Waals surface area contributed by atoms with Crippen LogP contribution < -0.4 is 19.1 Å². The van der Waals surface area contributed by atoms with Gasteiger partial charge in [0.05, 0.1) is 11.4 Å². The molecular formula is C26H34BrN3O6S. The average molecular weight is 597 g/mol. The molecule has 1 aliphatic heterocycles. The van der Waals surface area contributed by atoms with E-state index in [0.717, 1.165) is 20.8 Å². The molecule has 0 aliphatic carbocycles. The Balaban J connectivity index is 1.94. The first-order chi connectivity index (χ1) is 17.6. The van der Waals surface area contributed by atoms with Crippen LogP contribution in [-0.4, -0.2) is 62.7 Å². The third-order valence-corrected chi connectivity index (χ3v) is 8.44. The van der Waals surface area contributed by atoms with Crippen molar-refractivity contribution >= 4 is 43.5 Å². The van der Waals surface area contributed by atoms with Gasteiger partial charge >= 0.3 is 0 Å². The molecule has 0 fully saturated rings. The molecule has 2 atom stereocenters. The molecule has 0 radical (unpaired) electrons. The molecule has 0 bridgehead atoms. The molecule has 1 heterocycles. The molecule has 1 N–H and O–H groups in total. The molecule has 37 heavy (non-hydrogen) atoms. The van der Waals surface area contributed by atoms with Crippen LogP contribution in [0.3, 0.4) is 0 Å². The maximum absolute atomic E-state index is 13.7. The number of anilines is 1. The Kier molecular flexibility index (Phi) is 9.83. The van der Waals surface area contributed by atoms with Gasteiger partial charge in [0.25, 0.3) is 0 Å². The zero-order chi connectivity index (χ0) is 27.2. The summed E-state index contributed by atoms with van der Waals surface area (Å²) in [5.74, 6) is -0.0769. The summed E-state index contributed by atoms with van der Waals surface area (Å²) < 4.78 is 39.3. The topological polar surface area (TPSA) is 105 Å². The second-order valence-electron chi connectivity index (χ2n) is 8.88. The highest BCUT2D eigenvalue weighted by Crippen LogP contribution is 2.35. The van der Waals surface area contributed by atoms with Crippen molar-refractivity contribution in [3.05, 3.63) is 52.5 Å². The summed E-state index contributed by atoms with van der Waals surface area (Å²) in [6, 6.07) is 11.3. The van der Waals surface area contributed by atoms with E-state index in [9.17, 15) is 18.0 Å². The Labute approximate surface area is 227 Å². The van der Waals surface area contributed by atoms with E-state index in [4.69, 9.17) is 9.47 Å². The lowest BCUT2D eigenvalue weighted by atomic mass is 10.1. The van der Waals surface area contributed by atoms with Crippen LogP contribution in [0.4, 0.5) is 5.69 Å². The van der Waals surface area contributed by atoms with Gasteiger partial charge in [0.2, 0.25) is 21.8 Å². The number of carbonyl (C=O) groups is 2. The molecule has 1 aliphatic rings. The fourth-order valence-corrected chi connectivity index (χ4v) is 5.29. The highest BCUT2D eigenvalue weighted by Gasteiger charge is 2.32. The summed E-state index contributed by atoms with van der Waals surface area (Å²) in [7, 11) is -3.84. The van der Waals surface area contributed by atoms with Crippen molar-refractivity contribution < 1.29 is 27.5 Å². The Morgan fingerprint density at radius 2 is 1.76 bits per heavy atom. The van der Waals surface area contributed by atoms with E-state index in [1.165, 1.54) is 11.8 Å². The van der Waals surface area contributed by atoms with Gasteiger partial charge in [-0.05, 0) is 57.0 Å². The lowest BCUT2D eigenvalue weighted by Crippen LogP contribution is -2.52. The Hall–Kier alpha value is -2.79. The minimum atomic E-state index is -3.84. The van der Waals surface area contributed by atoms with Crippen LogP contribution in [0.2, 0.25) is 0 Å². The predicted molar refractivity (Wildman–Crippen MR) is 146 cm³/mol. The summed E-state index contributed by atoms with van der Waals surface area (Å²) in [5, 5.41) is 2.92. The number of fused-ring (bicyclic) bond motifs is 1. The summed E-state index contributed by atoms with van der Waals surface area (Å²) in [5.41, 5.74) is 1.09. The van der Waals surface area contributed by atoms with Crippen LogP contribution in [-0.2, 0) is 26.2 Å². The predicted octanol–water partition coefficient (Wildman–Crippen LogP) is 3.71. The number of benzene rings is 2. The van der Waals surface area contributed by atoms with Gasteiger partial charge in [0, 0.05) is 23.1 Å². The number of rotatable bonds is 11. The van der Waals surface area contributed by atoms with Crippen molar-refractivity contribution in [3.63, 3.8) is 0 Å². The van der Waals surface area contributed by atoms with Gasteiger partial charge in [-0.3, -0.25) is 13.9 Å². The van der Waals surface area contributed by atoms with E-state index in [1.807, 2.05) is 38.1 Å². The van der Waals surface area contributed by atoms with Gasteiger partial charge in [-0.15, -0.1) is 0 Å². The molecule has 2 aromatic rings. The van der Waals surface area contributed by atoms with Crippen LogP contribution in [0.15, 0.2) is 46.9 Å². The molecule has 0 saturated carbocycles. The van der Waals surface area contributed by atoms with Gasteiger partial charge < -0.3 is 19.7 Å². The SMILES string of the molecule is CC[C@H](C)NC(=O)[C@@H](C)N(Cc1cccc(Br)c1)C(=O)CN(c1ccc2c(c1)OCCO2)S(=O)(=O)CC. The Morgan fingerprint density at radius 1 is 1.05 bits per heavy atom. The zero-order valence-electron chi connectivity index (χ0n) is 21.6. The second-order valence-corrected chi connectivity index (χ2v) is 12.0. The maximum atomic E-state index is 13.7. The van der Waals surface area contributed by atoms with E-state index < -0.39 is 28.5 Å². The van der Waals surface area contributed by atoms with Crippen molar-refractivity contribution in [2.24, 2.45) is 0 Å². The van der Waals surface area contributed by atoms with Gasteiger partial charge in [-0.1, -0.05) is 35.0 Å². The molecule has 0 spiro atoms. The van der Waals surface area contributed by atoms with E-state index in [1.54, 1.807) is 25.1 Å². The first kappa shape index (κ1) is 28.8. The average Bonchev–Trinajstić information content (AvgIpc) is 2.89. The standard InChI is InChI=1S/C26H34BrN3O6S/c1-5-18(3)28-26(32)19(4)29(16-20-8-7-9-21(27)14-20)25(31)17-30(37(33,34)6-2)22-10-11-23-24(15-22)36-13-12-35-23/h7-11,14-15,18-19H,5-6,12-13,16-17H2,1-4H3,(H,28,32)/t18-,19+/m0/s1. The molecule has 11 heteroatoms. The fourth-order valence-electron chi connectivity index (χ4n) is 3.79. The number of hydrogen-bond acceptors (Lipinski definition) is 6. The van der Waals surface area contributed by atoms with Gasteiger partial charge in [-0.25, -0.2) is 8.42 Å². The van der Waals surface area contributed by atoms with Gasteiger partial charge in [0.1, 0.15) is 25.8 Å². The zero-order valence-corrected chi connectivity index (χ0v) is 24.0. The quantitative estimate of drug-likeness (QED) is 0.424. The van der Waals surface area contributed by atoms with Crippen LogP contribution in [0, 0.1) is 0 Å². The number of ether oxygens (including phenoxy) is 2. The summed E-state index contributed by atoms with van der Waals surface area (Å²) in [4.78, 5) is 28.2. The van der Waals surface area contributed by atoms with Crippen molar-refractivity contribution in [2.45, 2.75) is 52.7 Å². The third-order valence-electron chi connectivity index (χ3n) is 6.20. The Morgan fingerprint density at radius 3 is 2.41 bits per heavy atom. The van der Waals surface area contributed by atoms with Crippen LogP contribution in [0.1, 0.15) is 39.7 Å². The molecular weight excluding hydrogens is 562 g/mol. The fraction of sp³-hybridized carbons (Fsp3) is 0.462. The third kappa shape index (κ3) is 7.38. The van der Waals surface area contributed by atoms with Crippen molar-refractivity contribution in [3.8, 4) is 11.5 Å². The number of hydrogen-bond donors (Lipinski definition) is 1. The second kappa shape index (κ2) is 12.6. The minimum Gasteiger partial charge on any atom is -0.486 e. The summed E-state index contributed by atoms with van der Waals surface area (Å²) >= 11 is 3.44. The highest BCUT2D eigenvalue weighted by molar-refractivity contribution is 9.10. The number of nitrogens with one attached hydrogen (secondary N) is 1. The minimum absolute atomic E-state index is 0.0625. The van der Waals surface area contributed by atoms with Crippen molar-refractivity contribution in [1.29, 1.82) is 0 Å². The summed E-state index contributed by atoms with van der Waals surface area (Å²) in [6.45, 7) is 7.44. The van der Waals surface area contributed by atoms with E-state index in [2.05, 4.69) is 21.2 Å². The molecule has 0 aromatic heterocycles. The number of sulfonamides is 1. The largest absolute Gasteiger partial charge is 0.486 e. The molecule has 2 amide bonds. The monoisotopic (exact) mass is 595 g/mol. The molecule has 3 rings (SSSR count). The highest BCUT2D eigenvalue weighted by atomic mass is 79.9.